The van der Waals surface area contributed by atoms with E-state index in [0.29, 0.717) is 26.1 Å². The lowest BCUT2D eigenvalue weighted by molar-refractivity contribution is -0.139. The van der Waals surface area contributed by atoms with E-state index in [-0.39, 0.29) is 23.1 Å². The van der Waals surface area contributed by atoms with Gasteiger partial charge in [0.2, 0.25) is 0 Å². The molecular weight excluding hydrogens is 437 g/mol. The van der Waals surface area contributed by atoms with Gasteiger partial charge >= 0.3 is 6.18 Å². The van der Waals surface area contributed by atoms with Crippen molar-refractivity contribution in [2.45, 2.75) is 60.6 Å². The van der Waals surface area contributed by atoms with Gasteiger partial charge in [0.15, 0.2) is 9.84 Å². The lowest BCUT2D eigenvalue weighted by Crippen LogP contribution is -2.28. The van der Waals surface area contributed by atoms with Gasteiger partial charge in [-0.3, -0.25) is 0 Å². The van der Waals surface area contributed by atoms with Crippen molar-refractivity contribution < 1.29 is 31.1 Å². The smallest absolute Gasteiger partial charge is 0.381 e. The molecule has 146 valence electrons. The highest BCUT2D eigenvalue weighted by Gasteiger charge is 2.42. The fourth-order valence-corrected chi connectivity index (χ4v) is 5.92. The molecular formula is C17H20BrF3O4S. The predicted octanol–water partition coefficient (Wildman–Crippen LogP) is 4.36. The van der Waals surface area contributed by atoms with Crippen LogP contribution in [0.5, 0.6) is 0 Å². The summed E-state index contributed by atoms with van der Waals surface area (Å²) in [7, 11) is -4.09. The summed E-state index contributed by atoms with van der Waals surface area (Å²) in [5.74, 6) is 0. The minimum Gasteiger partial charge on any atom is -0.381 e. The molecule has 3 rings (SSSR count). The van der Waals surface area contributed by atoms with Crippen LogP contribution >= 0.6 is 15.9 Å². The fourth-order valence-electron chi connectivity index (χ4n) is 3.54. The molecule has 0 amide bonds. The van der Waals surface area contributed by atoms with Gasteiger partial charge in [0.05, 0.1) is 27.9 Å². The van der Waals surface area contributed by atoms with Gasteiger partial charge in [-0.05, 0) is 50.3 Å². The van der Waals surface area contributed by atoms with E-state index in [9.17, 15) is 21.6 Å². The van der Waals surface area contributed by atoms with E-state index in [0.717, 1.165) is 25.0 Å². The quantitative estimate of drug-likeness (QED) is 0.675. The Balaban J connectivity index is 1.77. The molecule has 1 saturated carbocycles. The molecule has 1 aromatic rings. The fraction of sp³-hybridized carbons (Fsp3) is 0.647. The first-order valence-corrected chi connectivity index (χ1v) is 10.9. The maximum Gasteiger partial charge on any atom is 0.417 e. The largest absolute Gasteiger partial charge is 0.417 e. The van der Waals surface area contributed by atoms with E-state index >= 15 is 0 Å². The zero-order valence-electron chi connectivity index (χ0n) is 14.0. The molecule has 1 aromatic carbocycles. The van der Waals surface area contributed by atoms with Crippen LogP contribution in [0.1, 0.15) is 37.7 Å². The van der Waals surface area contributed by atoms with Crippen LogP contribution in [-0.4, -0.2) is 39.1 Å². The van der Waals surface area contributed by atoms with Gasteiger partial charge in [-0.25, -0.2) is 8.42 Å². The van der Waals surface area contributed by atoms with Crippen molar-refractivity contribution in [3.05, 3.63) is 28.2 Å². The van der Waals surface area contributed by atoms with E-state index in [2.05, 4.69) is 15.9 Å². The van der Waals surface area contributed by atoms with Crippen molar-refractivity contribution in [1.82, 2.24) is 0 Å². The van der Waals surface area contributed by atoms with E-state index in [1.54, 1.807) is 0 Å². The van der Waals surface area contributed by atoms with Crippen LogP contribution in [-0.2, 0) is 25.5 Å². The number of rotatable bonds is 4. The van der Waals surface area contributed by atoms with E-state index in [1.807, 2.05) is 0 Å². The van der Waals surface area contributed by atoms with Crippen molar-refractivity contribution in [2.24, 2.45) is 0 Å². The summed E-state index contributed by atoms with van der Waals surface area (Å²) in [6, 6.07) is 3.18. The Morgan fingerprint density at radius 1 is 1.08 bits per heavy atom. The molecule has 4 nitrogen and oxygen atoms in total. The Morgan fingerprint density at radius 2 is 1.77 bits per heavy atom. The average Bonchev–Trinajstić information content (AvgIpc) is 3.04. The summed E-state index contributed by atoms with van der Waals surface area (Å²) in [6.07, 6.45) is -2.33. The molecule has 1 aliphatic carbocycles. The minimum atomic E-state index is -4.73. The van der Waals surface area contributed by atoms with Crippen molar-refractivity contribution >= 4 is 25.8 Å². The Morgan fingerprint density at radius 3 is 2.42 bits per heavy atom. The number of benzene rings is 1. The molecule has 1 saturated heterocycles. The molecule has 2 atom stereocenters. The second-order valence-corrected chi connectivity index (χ2v) is 9.80. The lowest BCUT2D eigenvalue weighted by atomic mass is 10.1. The molecule has 0 bridgehead atoms. The third kappa shape index (κ3) is 4.43. The molecule has 1 aliphatic heterocycles. The van der Waals surface area contributed by atoms with Crippen LogP contribution in [0.2, 0.25) is 0 Å². The summed E-state index contributed by atoms with van der Waals surface area (Å²) in [6.45, 7) is 1.24. The highest BCUT2D eigenvalue weighted by molar-refractivity contribution is 9.10. The van der Waals surface area contributed by atoms with Crippen LogP contribution in [0.25, 0.3) is 0 Å². The highest BCUT2D eigenvalue weighted by Crippen LogP contribution is 2.40. The molecule has 9 heteroatoms. The van der Waals surface area contributed by atoms with Crippen molar-refractivity contribution in [1.29, 1.82) is 0 Å². The second kappa shape index (κ2) is 7.77. The number of sulfone groups is 1. The molecule has 2 unspecified atom stereocenters. The summed E-state index contributed by atoms with van der Waals surface area (Å²) < 4.78 is 77.1. The molecule has 0 spiro atoms. The zero-order valence-corrected chi connectivity index (χ0v) is 16.4. The lowest BCUT2D eigenvalue weighted by Gasteiger charge is -2.25. The molecule has 26 heavy (non-hydrogen) atoms. The Bertz CT molecular complexity index is 745. The topological polar surface area (TPSA) is 52.6 Å². The average molecular weight is 457 g/mol. The van der Waals surface area contributed by atoms with Crippen LogP contribution in [0.3, 0.4) is 0 Å². The van der Waals surface area contributed by atoms with Crippen molar-refractivity contribution in [2.75, 3.05) is 13.2 Å². The maximum atomic E-state index is 13.3. The number of hydrogen-bond acceptors (Lipinski definition) is 4. The first-order valence-electron chi connectivity index (χ1n) is 8.52. The molecule has 0 radical (unpaired) electrons. The van der Waals surface area contributed by atoms with Crippen molar-refractivity contribution in [3.8, 4) is 0 Å². The van der Waals surface area contributed by atoms with Gasteiger partial charge in [-0.15, -0.1) is 0 Å². The number of ether oxygens (including phenoxy) is 2. The summed E-state index contributed by atoms with van der Waals surface area (Å²) in [4.78, 5) is -0.648. The minimum absolute atomic E-state index is 0.0358. The molecule has 2 aliphatic rings. The van der Waals surface area contributed by atoms with E-state index in [4.69, 9.17) is 9.47 Å². The first-order chi connectivity index (χ1) is 12.2. The van der Waals surface area contributed by atoms with Gasteiger partial charge in [-0.2, -0.15) is 13.2 Å². The normalized spacial score (nSPS) is 25.5. The van der Waals surface area contributed by atoms with Crippen LogP contribution < -0.4 is 0 Å². The molecule has 0 aromatic heterocycles. The zero-order chi connectivity index (χ0) is 18.9. The number of hydrogen-bond donors (Lipinski definition) is 0. The van der Waals surface area contributed by atoms with Crippen LogP contribution in [0.4, 0.5) is 13.2 Å². The van der Waals surface area contributed by atoms with E-state index in [1.165, 1.54) is 6.07 Å². The molecule has 0 N–H and O–H groups in total. The SMILES string of the molecule is O=S(=O)(c1ccc(Br)cc1C(F)(F)F)C1CCC(OC2CCOCC2)C1. The van der Waals surface area contributed by atoms with Gasteiger partial charge in [0.25, 0.3) is 0 Å². The molecule has 1 heterocycles. The maximum absolute atomic E-state index is 13.3. The van der Waals surface area contributed by atoms with Crippen LogP contribution in [0.15, 0.2) is 27.6 Å². The Labute approximate surface area is 159 Å². The van der Waals surface area contributed by atoms with Gasteiger partial charge in [0.1, 0.15) is 0 Å². The van der Waals surface area contributed by atoms with Gasteiger partial charge in [0, 0.05) is 17.7 Å². The Kier molecular flexibility index (Phi) is 6.01. The summed E-state index contributed by atoms with van der Waals surface area (Å²) >= 11 is 2.98. The predicted molar refractivity (Wildman–Crippen MR) is 92.7 cm³/mol. The van der Waals surface area contributed by atoms with Crippen molar-refractivity contribution in [3.63, 3.8) is 0 Å². The second-order valence-electron chi connectivity index (χ2n) is 6.69. The van der Waals surface area contributed by atoms with Gasteiger partial charge in [-0.1, -0.05) is 15.9 Å². The van der Waals surface area contributed by atoms with E-state index < -0.39 is 31.7 Å². The third-order valence-electron chi connectivity index (χ3n) is 4.88. The molecule has 2 fully saturated rings. The monoisotopic (exact) mass is 456 g/mol. The van der Waals surface area contributed by atoms with Gasteiger partial charge < -0.3 is 9.47 Å². The summed E-state index contributed by atoms with van der Waals surface area (Å²) in [5.41, 5.74) is -1.12. The standard InChI is InChI=1S/C17H20BrF3O4S/c18-11-1-4-16(15(9-11)17(19,20)21)26(22,23)14-3-2-13(10-14)25-12-5-7-24-8-6-12/h1,4,9,12-14H,2-3,5-8,10H2. The number of alkyl halides is 3. The first kappa shape index (κ1) is 20.1. The Hall–Kier alpha value is -0.640. The number of halogens is 4. The third-order valence-corrected chi connectivity index (χ3v) is 7.65. The highest BCUT2D eigenvalue weighted by atomic mass is 79.9. The summed E-state index contributed by atoms with van der Waals surface area (Å²) in [5, 5.41) is -0.852. The van der Waals surface area contributed by atoms with Crippen LogP contribution in [0, 0.1) is 0 Å².